The van der Waals surface area contributed by atoms with E-state index in [0.717, 1.165) is 35.5 Å². The fraction of sp³-hybridized carbons (Fsp3) is 0.211. The first-order valence-electron chi connectivity index (χ1n) is 7.80. The number of rotatable bonds is 0. The van der Waals surface area contributed by atoms with E-state index < -0.39 is 0 Å². The summed E-state index contributed by atoms with van der Waals surface area (Å²) in [6.07, 6.45) is 5.68. The number of hydrogen-bond acceptors (Lipinski definition) is 4. The van der Waals surface area contributed by atoms with Gasteiger partial charge in [0, 0.05) is 17.2 Å². The highest BCUT2D eigenvalue weighted by molar-refractivity contribution is 5.94. The predicted molar refractivity (Wildman–Crippen MR) is 88.3 cm³/mol. The van der Waals surface area contributed by atoms with Gasteiger partial charge in [0.15, 0.2) is 0 Å². The number of fused-ring (bicyclic) bond motifs is 5. The molecule has 0 radical (unpaired) electrons. The Bertz CT molecular complexity index is 1040. The Balaban J connectivity index is 1.91. The molecule has 4 heteroatoms. The predicted octanol–water partition coefficient (Wildman–Crippen LogP) is 3.68. The Labute approximate surface area is 131 Å². The lowest BCUT2D eigenvalue weighted by atomic mass is 9.99. The molecule has 0 N–H and O–H groups in total. The van der Waals surface area contributed by atoms with Gasteiger partial charge in [-0.15, -0.1) is 0 Å². The van der Waals surface area contributed by atoms with Crippen molar-refractivity contribution in [2.24, 2.45) is 0 Å². The van der Waals surface area contributed by atoms with Crippen LogP contribution in [0.15, 0.2) is 39.6 Å². The first-order chi connectivity index (χ1) is 11.3. The molecule has 114 valence electrons. The number of ether oxygens (including phenoxy) is 2. The van der Waals surface area contributed by atoms with Crippen molar-refractivity contribution in [3.63, 3.8) is 0 Å². The fourth-order valence-electron chi connectivity index (χ4n) is 3.42. The van der Waals surface area contributed by atoms with Gasteiger partial charge in [0.1, 0.15) is 29.3 Å². The van der Waals surface area contributed by atoms with E-state index in [1.165, 1.54) is 0 Å². The lowest BCUT2D eigenvalue weighted by molar-refractivity contribution is 0.289. The monoisotopic (exact) mass is 306 g/mol. The van der Waals surface area contributed by atoms with Crippen molar-refractivity contribution in [2.45, 2.75) is 12.8 Å². The van der Waals surface area contributed by atoms with Gasteiger partial charge in [-0.1, -0.05) is 6.08 Å². The average Bonchev–Trinajstić information content (AvgIpc) is 2.60. The maximum absolute atomic E-state index is 13.1. The Morgan fingerprint density at radius 1 is 1.00 bits per heavy atom. The molecule has 0 aliphatic carbocycles. The van der Waals surface area contributed by atoms with E-state index in [9.17, 15) is 4.79 Å². The zero-order valence-corrected chi connectivity index (χ0v) is 12.4. The van der Waals surface area contributed by atoms with Crippen LogP contribution in [0.4, 0.5) is 0 Å². The summed E-state index contributed by atoms with van der Waals surface area (Å²) in [4.78, 5) is 13.1. The van der Waals surface area contributed by atoms with Crippen LogP contribution in [-0.2, 0) is 6.42 Å². The van der Waals surface area contributed by atoms with E-state index in [0.29, 0.717) is 35.2 Å². The highest BCUT2D eigenvalue weighted by Gasteiger charge is 2.20. The molecule has 2 aliphatic rings. The number of aryl methyl sites for hydroxylation is 1. The molecule has 2 aromatic carbocycles. The Hall–Kier alpha value is -2.75. The number of benzene rings is 2. The van der Waals surface area contributed by atoms with Crippen LogP contribution in [0.2, 0.25) is 0 Å². The minimum absolute atomic E-state index is 0.00498. The summed E-state index contributed by atoms with van der Waals surface area (Å²) in [5.41, 5.74) is 3.06. The van der Waals surface area contributed by atoms with Crippen LogP contribution in [0.5, 0.6) is 11.5 Å². The quantitative estimate of drug-likeness (QED) is 0.595. The SMILES string of the molecule is O=c1c2cc3c(cc2oc2ccc4c(c12)CCCO4)OCC=C3. The molecule has 0 saturated heterocycles. The highest BCUT2D eigenvalue weighted by atomic mass is 16.5. The lowest BCUT2D eigenvalue weighted by Gasteiger charge is -2.18. The topological polar surface area (TPSA) is 48.7 Å². The van der Waals surface area contributed by atoms with Gasteiger partial charge in [0.05, 0.1) is 17.4 Å². The maximum Gasteiger partial charge on any atom is 0.200 e. The van der Waals surface area contributed by atoms with Gasteiger partial charge in [0.2, 0.25) is 5.43 Å². The molecule has 0 saturated carbocycles. The van der Waals surface area contributed by atoms with Crippen LogP contribution in [0.1, 0.15) is 17.5 Å². The first-order valence-corrected chi connectivity index (χ1v) is 7.80. The molecular weight excluding hydrogens is 292 g/mol. The minimum atomic E-state index is 0.00498. The van der Waals surface area contributed by atoms with Crippen LogP contribution in [0.25, 0.3) is 28.0 Å². The molecule has 2 aliphatic heterocycles. The molecular formula is C19H14O4. The van der Waals surface area contributed by atoms with Gasteiger partial charge >= 0.3 is 0 Å². The van der Waals surface area contributed by atoms with Crippen molar-refractivity contribution in [1.82, 2.24) is 0 Å². The second-order valence-corrected chi connectivity index (χ2v) is 5.90. The van der Waals surface area contributed by atoms with Gasteiger partial charge in [0.25, 0.3) is 0 Å². The zero-order chi connectivity index (χ0) is 15.4. The second kappa shape index (κ2) is 4.62. The molecule has 0 amide bonds. The minimum Gasteiger partial charge on any atom is -0.493 e. The van der Waals surface area contributed by atoms with Crippen molar-refractivity contribution >= 4 is 28.0 Å². The molecule has 4 nitrogen and oxygen atoms in total. The standard InChI is InChI=1S/C19H14O4/c20-19-13-9-11-3-1-7-22-16(11)10-17(13)23-15-6-5-14-12(18(15)19)4-2-8-21-14/h1,3,5-6,9-10H,2,4,7-8H2. The van der Waals surface area contributed by atoms with E-state index in [1.54, 1.807) is 0 Å². The zero-order valence-electron chi connectivity index (χ0n) is 12.4. The van der Waals surface area contributed by atoms with Crippen molar-refractivity contribution in [3.05, 3.63) is 51.7 Å². The molecule has 23 heavy (non-hydrogen) atoms. The van der Waals surface area contributed by atoms with Crippen molar-refractivity contribution < 1.29 is 13.9 Å². The van der Waals surface area contributed by atoms with Crippen molar-refractivity contribution in [3.8, 4) is 11.5 Å². The van der Waals surface area contributed by atoms with Crippen molar-refractivity contribution in [1.29, 1.82) is 0 Å². The van der Waals surface area contributed by atoms with E-state index >= 15 is 0 Å². The Morgan fingerprint density at radius 3 is 2.91 bits per heavy atom. The van der Waals surface area contributed by atoms with E-state index in [4.69, 9.17) is 13.9 Å². The smallest absolute Gasteiger partial charge is 0.200 e. The van der Waals surface area contributed by atoms with Gasteiger partial charge < -0.3 is 13.9 Å². The van der Waals surface area contributed by atoms with Gasteiger partial charge in [-0.3, -0.25) is 4.79 Å². The van der Waals surface area contributed by atoms with Crippen LogP contribution in [0, 0.1) is 0 Å². The van der Waals surface area contributed by atoms with Gasteiger partial charge in [-0.2, -0.15) is 0 Å². The molecule has 0 atom stereocenters. The summed E-state index contributed by atoms with van der Waals surface area (Å²) in [5.74, 6) is 1.56. The third kappa shape index (κ3) is 1.81. The van der Waals surface area contributed by atoms with Gasteiger partial charge in [-0.05, 0) is 37.1 Å². The lowest BCUT2D eigenvalue weighted by Crippen LogP contribution is -2.13. The highest BCUT2D eigenvalue weighted by Crippen LogP contribution is 2.34. The summed E-state index contributed by atoms with van der Waals surface area (Å²) in [5, 5.41) is 1.24. The molecule has 0 unspecified atom stereocenters. The molecule has 3 heterocycles. The second-order valence-electron chi connectivity index (χ2n) is 5.90. The van der Waals surface area contributed by atoms with Gasteiger partial charge in [-0.25, -0.2) is 0 Å². The summed E-state index contributed by atoms with van der Waals surface area (Å²) in [7, 11) is 0. The maximum atomic E-state index is 13.1. The molecule has 0 spiro atoms. The summed E-state index contributed by atoms with van der Waals surface area (Å²) < 4.78 is 17.3. The normalized spacial score (nSPS) is 15.8. The average molecular weight is 306 g/mol. The Morgan fingerprint density at radius 2 is 1.96 bits per heavy atom. The van der Waals surface area contributed by atoms with Crippen LogP contribution >= 0.6 is 0 Å². The summed E-state index contributed by atoms with van der Waals surface area (Å²) in [6.45, 7) is 1.24. The third-order valence-electron chi connectivity index (χ3n) is 4.50. The molecule has 5 rings (SSSR count). The first kappa shape index (κ1) is 12.8. The summed E-state index contributed by atoms with van der Waals surface area (Å²) >= 11 is 0. The molecule has 0 fully saturated rings. The third-order valence-corrected chi connectivity index (χ3v) is 4.50. The molecule has 0 bridgehead atoms. The Kier molecular flexibility index (Phi) is 2.56. The molecule has 1 aromatic heterocycles. The van der Waals surface area contributed by atoms with Crippen LogP contribution < -0.4 is 14.9 Å². The largest absolute Gasteiger partial charge is 0.493 e. The summed E-state index contributed by atoms with van der Waals surface area (Å²) in [6, 6.07) is 7.38. The van der Waals surface area contributed by atoms with Crippen LogP contribution in [0.3, 0.4) is 0 Å². The van der Waals surface area contributed by atoms with E-state index in [1.807, 2.05) is 36.4 Å². The van der Waals surface area contributed by atoms with E-state index in [-0.39, 0.29) is 5.43 Å². The van der Waals surface area contributed by atoms with E-state index in [2.05, 4.69) is 0 Å². The fourth-order valence-corrected chi connectivity index (χ4v) is 3.42. The van der Waals surface area contributed by atoms with Crippen LogP contribution in [-0.4, -0.2) is 13.2 Å². The molecule has 3 aromatic rings. The van der Waals surface area contributed by atoms with Crippen molar-refractivity contribution in [2.75, 3.05) is 13.2 Å². The number of hydrogen-bond donors (Lipinski definition) is 0.